The monoisotopic (exact) mass is 923 g/mol. The number of thioether (sulfide) groups is 1. The number of aliphatic imine (C=N–C) groups is 1. The van der Waals surface area contributed by atoms with Crippen LogP contribution < -0.4 is 49.1 Å². The van der Waals surface area contributed by atoms with E-state index < -0.39 is 108 Å². The molecule has 0 spiro atoms. The van der Waals surface area contributed by atoms with Gasteiger partial charge in [-0.3, -0.25) is 38.6 Å². The predicted octanol–water partition coefficient (Wildman–Crippen LogP) is -4.23. The van der Waals surface area contributed by atoms with Crippen molar-refractivity contribution in [1.82, 2.24) is 36.8 Å². The fraction of sp³-hybridized carbons (Fsp3) is 0.750. The standard InChI is InChI=1S/C36H65N11O11S3/c1-17(2)14-23(30(52)44-24(16-60)35(57)58)43-29(51)21(8-6-11-40-36(38)39)41-31(53)25-9-7-12-47(25)34(56)22(10-13-61-5)42-32(54)26(18(3)48)46-33(55)27(19(4)49)45-28(50)20(37)15-59/h17-27,48-49,59-60H,6-16,37H2,1-5H3,(H,41,53)(H,42,54)(H,43,51)(H,44,52)(H,45,50)(H,46,55)(H,57,58)(H4,38,39,40)/t18-,19-,20+,21+,22+,23+,24+,25+,26+,27+/m1/s1. The number of aliphatic hydroxyl groups excluding tert-OH is 2. The molecular weight excluding hydrogens is 859 g/mol. The molecule has 0 aromatic rings. The first-order valence-electron chi connectivity index (χ1n) is 19.8. The lowest BCUT2D eigenvalue weighted by molar-refractivity contribution is -0.143. The van der Waals surface area contributed by atoms with Gasteiger partial charge in [-0.1, -0.05) is 13.8 Å². The number of aliphatic hydroxyl groups is 2. The molecule has 0 aliphatic carbocycles. The number of nitrogens with one attached hydrogen (secondary N) is 6. The van der Waals surface area contributed by atoms with Crippen molar-refractivity contribution in [2.45, 2.75) is 127 Å². The fourth-order valence-corrected chi connectivity index (χ4v) is 7.01. The van der Waals surface area contributed by atoms with Gasteiger partial charge in [0.1, 0.15) is 42.3 Å². The minimum atomic E-state index is -1.65. The van der Waals surface area contributed by atoms with Crippen LogP contribution in [-0.2, 0) is 38.4 Å². The van der Waals surface area contributed by atoms with Crippen LogP contribution in [0.4, 0.5) is 0 Å². The summed E-state index contributed by atoms with van der Waals surface area (Å²) < 4.78 is 0. The highest BCUT2D eigenvalue weighted by Crippen LogP contribution is 2.21. The lowest BCUT2D eigenvalue weighted by Crippen LogP contribution is -2.63. The number of rotatable bonds is 27. The van der Waals surface area contributed by atoms with Gasteiger partial charge in [-0.15, -0.1) is 0 Å². The summed E-state index contributed by atoms with van der Waals surface area (Å²) in [7, 11) is 0. The van der Waals surface area contributed by atoms with E-state index >= 15 is 0 Å². The molecule has 22 nitrogen and oxygen atoms in total. The Hall–Kier alpha value is -4.04. The van der Waals surface area contributed by atoms with Crippen molar-refractivity contribution in [2.75, 3.05) is 36.6 Å². The summed E-state index contributed by atoms with van der Waals surface area (Å²) in [6.45, 7) is 6.24. The van der Waals surface area contributed by atoms with Crippen LogP contribution >= 0.6 is 37.0 Å². The third-order valence-electron chi connectivity index (χ3n) is 9.44. The minimum Gasteiger partial charge on any atom is -0.480 e. The zero-order valence-corrected chi connectivity index (χ0v) is 37.8. The van der Waals surface area contributed by atoms with Gasteiger partial charge in [0.05, 0.1) is 18.2 Å². The number of guanidine groups is 1. The van der Waals surface area contributed by atoms with Crippen LogP contribution in [0.5, 0.6) is 0 Å². The minimum absolute atomic E-state index is 0.000121. The summed E-state index contributed by atoms with van der Waals surface area (Å²) in [4.78, 5) is 111. The fourth-order valence-electron chi connectivity index (χ4n) is 6.13. The second kappa shape index (κ2) is 27.8. The molecule has 61 heavy (non-hydrogen) atoms. The average molecular weight is 924 g/mol. The first-order chi connectivity index (χ1) is 28.6. The van der Waals surface area contributed by atoms with Gasteiger partial charge < -0.3 is 69.3 Å². The lowest BCUT2D eigenvalue weighted by atomic mass is 10.0. The summed E-state index contributed by atoms with van der Waals surface area (Å²) in [6, 6.07) is -10.4. The lowest BCUT2D eigenvalue weighted by Gasteiger charge is -2.31. The molecule has 348 valence electrons. The summed E-state index contributed by atoms with van der Waals surface area (Å²) in [6.07, 6.45) is -0.188. The molecule has 25 heteroatoms. The molecule has 0 unspecified atom stereocenters. The molecule has 15 N–H and O–H groups in total. The number of carboxylic acid groups (broad SMARTS) is 1. The summed E-state index contributed by atoms with van der Waals surface area (Å²) in [5.74, 6) is -7.17. The molecule has 1 aliphatic heterocycles. The number of hydrogen-bond acceptors (Lipinski definition) is 15. The summed E-state index contributed by atoms with van der Waals surface area (Å²) >= 11 is 9.30. The number of amides is 7. The molecule has 10 atom stereocenters. The second-order valence-corrected chi connectivity index (χ2v) is 16.8. The van der Waals surface area contributed by atoms with E-state index in [0.717, 1.165) is 0 Å². The van der Waals surface area contributed by atoms with Crippen LogP contribution in [0.25, 0.3) is 0 Å². The van der Waals surface area contributed by atoms with E-state index in [0.29, 0.717) is 12.2 Å². The van der Waals surface area contributed by atoms with E-state index in [1.54, 1.807) is 20.1 Å². The van der Waals surface area contributed by atoms with Crippen molar-refractivity contribution in [3.05, 3.63) is 0 Å². The van der Waals surface area contributed by atoms with E-state index in [-0.39, 0.29) is 68.6 Å². The smallest absolute Gasteiger partial charge is 0.327 e. The van der Waals surface area contributed by atoms with Gasteiger partial charge in [-0.05, 0) is 70.3 Å². The number of thiol groups is 2. The quantitative estimate of drug-likeness (QED) is 0.0161. The third-order valence-corrected chi connectivity index (χ3v) is 10.8. The maximum Gasteiger partial charge on any atom is 0.327 e. The van der Waals surface area contributed by atoms with Crippen molar-refractivity contribution in [1.29, 1.82) is 0 Å². The average Bonchev–Trinajstić information content (AvgIpc) is 3.69. The van der Waals surface area contributed by atoms with Gasteiger partial charge in [0.2, 0.25) is 41.4 Å². The molecule has 0 bridgehead atoms. The first kappa shape index (κ1) is 55.0. The third kappa shape index (κ3) is 18.9. The molecule has 0 saturated carbocycles. The Balaban J connectivity index is 3.35. The molecule has 1 saturated heterocycles. The highest BCUT2D eigenvalue weighted by atomic mass is 32.2. The number of carboxylic acids is 1. The highest BCUT2D eigenvalue weighted by Gasteiger charge is 2.41. The van der Waals surface area contributed by atoms with Crippen LogP contribution in [0.2, 0.25) is 0 Å². The molecule has 1 heterocycles. The number of nitrogens with two attached hydrogens (primary N) is 3. The Morgan fingerprint density at radius 2 is 1.30 bits per heavy atom. The van der Waals surface area contributed by atoms with E-state index in [2.05, 4.69) is 62.2 Å². The SMILES string of the molecule is CSCC[C@H](NC(=O)[C@@H](NC(=O)[C@@H](NC(=O)[C@@H](N)CS)[C@@H](C)O)[C@@H](C)O)C(=O)N1CCC[C@H]1C(=O)N[C@@H](CCCN=C(N)N)C(=O)N[C@@H](CC(C)C)C(=O)N[C@@H](CS)C(=O)O. The highest BCUT2D eigenvalue weighted by molar-refractivity contribution is 7.98. The molecular formula is C36H65N11O11S3. The Bertz CT molecular complexity index is 1540. The topological polar surface area (TPSA) is 363 Å². The predicted molar refractivity (Wildman–Crippen MR) is 235 cm³/mol. The van der Waals surface area contributed by atoms with E-state index in [1.165, 1.54) is 30.5 Å². The van der Waals surface area contributed by atoms with Gasteiger partial charge >= 0.3 is 5.97 Å². The van der Waals surface area contributed by atoms with Gasteiger partial charge in [0, 0.05) is 24.6 Å². The normalized spacial score (nSPS) is 18.1. The first-order valence-corrected chi connectivity index (χ1v) is 22.5. The maximum atomic E-state index is 14.2. The molecule has 0 aromatic heterocycles. The maximum absolute atomic E-state index is 14.2. The molecule has 1 fully saturated rings. The number of aliphatic carboxylic acids is 1. The number of nitrogens with zero attached hydrogens (tertiary/aromatic N) is 2. The summed E-state index contributed by atoms with van der Waals surface area (Å²) in [5.41, 5.74) is 16.6. The van der Waals surface area contributed by atoms with E-state index in [1.807, 2.05) is 0 Å². The second-order valence-electron chi connectivity index (χ2n) is 15.1. The van der Waals surface area contributed by atoms with Crippen LogP contribution in [0, 0.1) is 5.92 Å². The van der Waals surface area contributed by atoms with E-state index in [9.17, 15) is 53.7 Å². The Kier molecular flexibility index (Phi) is 25.1. The van der Waals surface area contributed by atoms with E-state index in [4.69, 9.17) is 17.2 Å². The Morgan fingerprint density at radius 1 is 0.754 bits per heavy atom. The largest absolute Gasteiger partial charge is 0.480 e. The molecule has 1 aliphatic rings. The number of likely N-dealkylation sites (tertiary alicyclic amines) is 1. The number of carbonyl (C=O) groups excluding carboxylic acids is 7. The van der Waals surface area contributed by atoms with Crippen molar-refractivity contribution in [2.24, 2.45) is 28.1 Å². The van der Waals surface area contributed by atoms with Crippen LogP contribution in [0.3, 0.4) is 0 Å². The molecule has 0 aromatic carbocycles. The van der Waals surface area contributed by atoms with Gasteiger partial charge in [0.25, 0.3) is 0 Å². The molecule has 0 radical (unpaired) electrons. The number of carbonyl (C=O) groups is 8. The molecule has 1 rings (SSSR count). The van der Waals surface area contributed by atoms with Crippen LogP contribution in [0.1, 0.15) is 66.2 Å². The summed E-state index contributed by atoms with van der Waals surface area (Å²) in [5, 5.41) is 45.1. The van der Waals surface area contributed by atoms with Crippen LogP contribution in [-0.4, -0.2) is 171 Å². The van der Waals surface area contributed by atoms with Crippen molar-refractivity contribution in [3.8, 4) is 0 Å². The van der Waals surface area contributed by atoms with Crippen molar-refractivity contribution in [3.63, 3.8) is 0 Å². The van der Waals surface area contributed by atoms with Gasteiger partial charge in [-0.25, -0.2) is 4.79 Å². The zero-order valence-electron chi connectivity index (χ0n) is 35.2. The van der Waals surface area contributed by atoms with Gasteiger partial charge in [-0.2, -0.15) is 37.0 Å². The van der Waals surface area contributed by atoms with Crippen molar-refractivity contribution >= 4 is 90.3 Å². The van der Waals surface area contributed by atoms with Crippen LogP contribution in [0.15, 0.2) is 4.99 Å². The number of hydrogen-bond donors (Lipinski definition) is 14. The van der Waals surface area contributed by atoms with Gasteiger partial charge in [0.15, 0.2) is 5.96 Å². The van der Waals surface area contributed by atoms with Crippen molar-refractivity contribution < 1.29 is 53.7 Å². The molecule has 7 amide bonds. The Morgan fingerprint density at radius 3 is 1.80 bits per heavy atom. The Labute approximate surface area is 371 Å². The zero-order chi connectivity index (χ0) is 46.6.